The van der Waals surface area contributed by atoms with Crippen molar-refractivity contribution < 1.29 is 9.63 Å². The zero-order chi connectivity index (χ0) is 25.2. The molecule has 4 aromatic carbocycles. The molecule has 37 heavy (non-hydrogen) atoms. The second-order valence-electron chi connectivity index (χ2n) is 10.1. The van der Waals surface area contributed by atoms with Crippen LogP contribution >= 0.6 is 0 Å². The lowest BCUT2D eigenvalue weighted by molar-refractivity contribution is -0.151. The van der Waals surface area contributed by atoms with Crippen LogP contribution in [0.4, 0.5) is 5.69 Å². The maximum absolute atomic E-state index is 14.1. The minimum absolute atomic E-state index is 0.151. The predicted molar refractivity (Wildman–Crippen MR) is 147 cm³/mol. The Bertz CT molecular complexity index is 1330. The summed E-state index contributed by atoms with van der Waals surface area (Å²) < 4.78 is 0. The minimum atomic E-state index is -1.00. The molecule has 4 nitrogen and oxygen atoms in total. The van der Waals surface area contributed by atoms with Crippen molar-refractivity contribution in [3.05, 3.63) is 138 Å². The van der Waals surface area contributed by atoms with Crippen LogP contribution < -0.4 is 5.06 Å². The highest BCUT2D eigenvalue weighted by Crippen LogP contribution is 2.55. The van der Waals surface area contributed by atoms with Gasteiger partial charge in [-0.1, -0.05) is 109 Å². The number of hydrogen-bond acceptors (Lipinski definition) is 4. The Labute approximate surface area is 219 Å². The van der Waals surface area contributed by atoms with E-state index in [4.69, 9.17) is 4.84 Å². The third kappa shape index (κ3) is 4.26. The number of Topliss-reactive ketones (excluding diaryl/α,β-unsaturated/α-hetero) is 1. The summed E-state index contributed by atoms with van der Waals surface area (Å²) in [5.74, 6) is 0.00630. The van der Waals surface area contributed by atoms with E-state index >= 15 is 0 Å². The molecule has 4 atom stereocenters. The normalized spacial score (nSPS) is 24.9. The van der Waals surface area contributed by atoms with Gasteiger partial charge in [-0.05, 0) is 35.7 Å². The Morgan fingerprint density at radius 3 is 1.92 bits per heavy atom. The van der Waals surface area contributed by atoms with Crippen LogP contribution in [0.25, 0.3) is 0 Å². The number of carbonyl (C=O) groups excluding carboxylic acids is 1. The molecule has 0 unspecified atom stereocenters. The summed E-state index contributed by atoms with van der Waals surface area (Å²) in [7, 11) is 0. The lowest BCUT2D eigenvalue weighted by Gasteiger charge is -2.43. The van der Waals surface area contributed by atoms with Gasteiger partial charge in [-0.2, -0.15) is 0 Å². The van der Waals surface area contributed by atoms with E-state index in [-0.39, 0.29) is 23.8 Å². The number of rotatable bonds is 5. The van der Waals surface area contributed by atoms with Gasteiger partial charge in [-0.25, -0.2) is 5.06 Å². The molecule has 0 radical (unpaired) electrons. The van der Waals surface area contributed by atoms with E-state index in [9.17, 15) is 4.79 Å². The van der Waals surface area contributed by atoms with E-state index in [2.05, 4.69) is 96.8 Å². The van der Waals surface area contributed by atoms with Crippen LogP contribution in [0.15, 0.2) is 121 Å². The van der Waals surface area contributed by atoms with Crippen LogP contribution in [0.2, 0.25) is 0 Å². The smallest absolute Gasteiger partial charge is 0.176 e. The number of ketones is 1. The van der Waals surface area contributed by atoms with Gasteiger partial charge in [0, 0.05) is 25.6 Å². The highest BCUT2D eigenvalue weighted by molar-refractivity contribution is 5.91. The molecule has 2 heterocycles. The van der Waals surface area contributed by atoms with Gasteiger partial charge >= 0.3 is 0 Å². The summed E-state index contributed by atoms with van der Waals surface area (Å²) in [6.07, 6.45) is 0.463. The van der Waals surface area contributed by atoms with Crippen molar-refractivity contribution in [3.8, 4) is 0 Å². The number of hydroxylamine groups is 1. The maximum atomic E-state index is 14.1. The molecule has 0 saturated carbocycles. The minimum Gasteiger partial charge on any atom is -0.296 e. The summed E-state index contributed by atoms with van der Waals surface area (Å²) in [4.78, 5) is 23.5. The Kier molecular flexibility index (Phi) is 6.37. The maximum Gasteiger partial charge on any atom is 0.176 e. The van der Waals surface area contributed by atoms with Crippen LogP contribution in [0.3, 0.4) is 0 Å². The highest BCUT2D eigenvalue weighted by atomic mass is 16.7. The molecule has 4 aromatic rings. The molecular weight excluding hydrogens is 456 g/mol. The molecule has 4 heteroatoms. The van der Waals surface area contributed by atoms with Crippen LogP contribution in [-0.2, 0) is 9.63 Å². The summed E-state index contributed by atoms with van der Waals surface area (Å²) in [6.45, 7) is 3.49. The van der Waals surface area contributed by atoms with Crippen molar-refractivity contribution >= 4 is 11.5 Å². The molecule has 2 saturated heterocycles. The van der Waals surface area contributed by atoms with Crippen molar-refractivity contribution in [3.63, 3.8) is 0 Å². The molecule has 0 amide bonds. The highest BCUT2D eigenvalue weighted by Gasteiger charge is 2.61. The van der Waals surface area contributed by atoms with Crippen molar-refractivity contribution in [2.75, 3.05) is 18.2 Å². The molecule has 0 bridgehead atoms. The van der Waals surface area contributed by atoms with E-state index in [0.29, 0.717) is 13.0 Å². The molecule has 2 aliphatic rings. The van der Waals surface area contributed by atoms with Crippen molar-refractivity contribution in [1.29, 1.82) is 0 Å². The first-order valence-corrected chi connectivity index (χ1v) is 13.1. The zero-order valence-electron chi connectivity index (χ0n) is 21.1. The number of likely N-dealkylation sites (tertiary alicyclic amines) is 1. The molecule has 2 fully saturated rings. The number of anilines is 1. The van der Waals surface area contributed by atoms with E-state index in [1.165, 1.54) is 5.56 Å². The first-order chi connectivity index (χ1) is 18.2. The van der Waals surface area contributed by atoms with E-state index in [1.807, 2.05) is 41.5 Å². The Morgan fingerprint density at radius 1 is 0.757 bits per heavy atom. The summed E-state index contributed by atoms with van der Waals surface area (Å²) in [6, 6.07) is 41.7. The number of hydrogen-bond donors (Lipinski definition) is 0. The van der Waals surface area contributed by atoms with Gasteiger partial charge in [0.15, 0.2) is 11.4 Å². The fourth-order valence-electron chi connectivity index (χ4n) is 6.11. The first-order valence-electron chi connectivity index (χ1n) is 13.1. The van der Waals surface area contributed by atoms with Gasteiger partial charge in [0.05, 0.1) is 17.6 Å². The van der Waals surface area contributed by atoms with Gasteiger partial charge in [0.25, 0.3) is 0 Å². The number of piperidine rings is 1. The predicted octanol–water partition coefficient (Wildman–Crippen LogP) is 6.74. The van der Waals surface area contributed by atoms with Gasteiger partial charge in [-0.15, -0.1) is 0 Å². The average molecular weight is 489 g/mol. The second kappa shape index (κ2) is 9.97. The van der Waals surface area contributed by atoms with E-state index in [0.717, 1.165) is 23.4 Å². The molecule has 2 aliphatic heterocycles. The number of carbonyl (C=O) groups is 1. The monoisotopic (exact) mass is 488 g/mol. The molecule has 0 aliphatic carbocycles. The fourth-order valence-corrected chi connectivity index (χ4v) is 6.11. The number of benzene rings is 4. The summed E-state index contributed by atoms with van der Waals surface area (Å²) >= 11 is 0. The topological polar surface area (TPSA) is 32.8 Å². The van der Waals surface area contributed by atoms with Crippen LogP contribution in [-0.4, -0.2) is 29.4 Å². The second-order valence-corrected chi connectivity index (χ2v) is 10.1. The van der Waals surface area contributed by atoms with Gasteiger partial charge in [0.1, 0.15) is 0 Å². The first kappa shape index (κ1) is 23.7. The number of nitrogens with zero attached hydrogens (tertiary/aromatic N) is 2. The third-order valence-corrected chi connectivity index (χ3v) is 8.01. The van der Waals surface area contributed by atoms with Crippen molar-refractivity contribution in [1.82, 2.24) is 4.90 Å². The van der Waals surface area contributed by atoms with Gasteiger partial charge < -0.3 is 0 Å². The Morgan fingerprint density at radius 2 is 1.30 bits per heavy atom. The van der Waals surface area contributed by atoms with Crippen molar-refractivity contribution in [2.24, 2.45) is 0 Å². The molecule has 0 aromatic heterocycles. The third-order valence-electron chi connectivity index (χ3n) is 8.01. The zero-order valence-corrected chi connectivity index (χ0v) is 21.1. The molecular formula is C33H32N2O2. The van der Waals surface area contributed by atoms with Crippen LogP contribution in [0.5, 0.6) is 0 Å². The Balaban J connectivity index is 1.50. The van der Waals surface area contributed by atoms with E-state index in [1.54, 1.807) is 0 Å². The SMILES string of the molecule is C[C@H](c1ccccc1)N1CCC(=O)[C@]2(C1)ON(c1ccccc1)[C@@H](c1ccccc1)[C@H]2c1ccccc1. The molecule has 1 spiro atoms. The molecule has 186 valence electrons. The number of para-hydroxylation sites is 1. The lowest BCUT2D eigenvalue weighted by atomic mass is 9.71. The quantitative estimate of drug-likeness (QED) is 0.312. The van der Waals surface area contributed by atoms with Gasteiger partial charge in [0.2, 0.25) is 0 Å². The van der Waals surface area contributed by atoms with Gasteiger partial charge in [-0.3, -0.25) is 14.5 Å². The largest absolute Gasteiger partial charge is 0.296 e. The Hall–Kier alpha value is -3.73. The summed E-state index contributed by atoms with van der Waals surface area (Å²) in [5.41, 5.74) is 3.46. The summed E-state index contributed by atoms with van der Waals surface area (Å²) in [5, 5.41) is 2.00. The fraction of sp³-hybridized carbons (Fsp3) is 0.242. The molecule has 0 N–H and O–H groups in total. The van der Waals surface area contributed by atoms with Crippen LogP contribution in [0, 0.1) is 0 Å². The van der Waals surface area contributed by atoms with E-state index < -0.39 is 5.60 Å². The average Bonchev–Trinajstić information content (AvgIpc) is 3.31. The van der Waals surface area contributed by atoms with Crippen LogP contribution in [0.1, 0.15) is 48.0 Å². The van der Waals surface area contributed by atoms with Crippen molar-refractivity contribution in [2.45, 2.75) is 36.9 Å². The molecule has 6 rings (SSSR count). The lowest BCUT2D eigenvalue weighted by Crippen LogP contribution is -2.58. The standard InChI is InChI=1S/C33H32N2O2/c1-25(26-14-6-2-7-15-26)34-23-22-30(36)33(24-34)31(27-16-8-3-9-17-27)32(28-18-10-4-11-19-28)35(37-33)29-20-12-5-13-21-29/h2-21,25,31-32H,22-24H2,1H3/t25-,31-,32+,33+/m1/s1.